The van der Waals surface area contributed by atoms with E-state index in [1.54, 1.807) is 0 Å². The molecule has 0 aromatic carbocycles. The predicted molar refractivity (Wildman–Crippen MR) is 119 cm³/mol. The quantitative estimate of drug-likeness (QED) is 0.228. The molecular formula is C24H45NO2. The maximum Gasteiger partial charge on any atom is 0.0487 e. The molecule has 2 N–H and O–H groups in total. The van der Waals surface area contributed by atoms with Crippen molar-refractivity contribution in [3.05, 3.63) is 35.5 Å². The molecule has 0 aliphatic rings. The first-order valence-electron chi connectivity index (χ1n) is 10.9. The molecule has 0 amide bonds. The van der Waals surface area contributed by atoms with Crippen molar-refractivity contribution in [3.8, 4) is 0 Å². The fourth-order valence-corrected chi connectivity index (χ4v) is 2.66. The van der Waals surface area contributed by atoms with Crippen molar-refractivity contribution in [1.82, 2.24) is 0 Å². The van der Waals surface area contributed by atoms with Crippen LogP contribution in [0.25, 0.3) is 0 Å². The molecule has 0 radical (unpaired) electrons. The summed E-state index contributed by atoms with van der Waals surface area (Å²) in [6, 6.07) is 0. The normalized spacial score (nSPS) is 13.3. The summed E-state index contributed by atoms with van der Waals surface area (Å²) < 4.78 is 11.1. The highest BCUT2D eigenvalue weighted by Crippen LogP contribution is 2.13. The third-order valence-corrected chi connectivity index (χ3v) is 4.40. The zero-order valence-corrected chi connectivity index (χ0v) is 18.5. The Labute approximate surface area is 169 Å². The van der Waals surface area contributed by atoms with Crippen LogP contribution in [0.5, 0.6) is 0 Å². The van der Waals surface area contributed by atoms with Crippen molar-refractivity contribution in [2.24, 2.45) is 11.7 Å². The Bertz CT molecular complexity index is 409. The van der Waals surface area contributed by atoms with E-state index in [9.17, 15) is 0 Å². The van der Waals surface area contributed by atoms with Crippen LogP contribution < -0.4 is 5.73 Å². The molecule has 0 saturated heterocycles. The molecule has 0 aliphatic carbocycles. The zero-order valence-electron chi connectivity index (χ0n) is 18.5. The Morgan fingerprint density at radius 2 is 1.52 bits per heavy atom. The Balaban J connectivity index is 3.51. The molecule has 0 aromatic rings. The van der Waals surface area contributed by atoms with Crippen LogP contribution in [0.4, 0.5) is 0 Å². The van der Waals surface area contributed by atoms with Gasteiger partial charge in [-0.25, -0.2) is 0 Å². The lowest BCUT2D eigenvalue weighted by Crippen LogP contribution is -2.06. The maximum absolute atomic E-state index is 5.63. The van der Waals surface area contributed by atoms with Crippen LogP contribution in [0.2, 0.25) is 0 Å². The van der Waals surface area contributed by atoms with Gasteiger partial charge >= 0.3 is 0 Å². The lowest BCUT2D eigenvalue weighted by atomic mass is 10.0. The Kier molecular flexibility index (Phi) is 19.2. The molecule has 0 spiro atoms. The van der Waals surface area contributed by atoms with E-state index in [1.165, 1.54) is 36.8 Å². The van der Waals surface area contributed by atoms with Gasteiger partial charge in [0.2, 0.25) is 0 Å². The van der Waals surface area contributed by atoms with Crippen LogP contribution >= 0.6 is 0 Å². The number of hydrogen-bond acceptors (Lipinski definition) is 3. The molecule has 3 nitrogen and oxygen atoms in total. The summed E-state index contributed by atoms with van der Waals surface area (Å²) in [6.45, 7) is 12.8. The van der Waals surface area contributed by atoms with Gasteiger partial charge in [0.15, 0.2) is 0 Å². The summed E-state index contributed by atoms with van der Waals surface area (Å²) >= 11 is 0. The van der Waals surface area contributed by atoms with Gasteiger partial charge in [0.25, 0.3) is 0 Å². The second-order valence-corrected chi connectivity index (χ2v) is 7.72. The van der Waals surface area contributed by atoms with E-state index in [4.69, 9.17) is 15.2 Å². The van der Waals surface area contributed by atoms with E-state index in [2.05, 4.69) is 52.0 Å². The fraction of sp³-hybridized carbons (Fsp3) is 0.750. The van der Waals surface area contributed by atoms with Crippen molar-refractivity contribution in [1.29, 1.82) is 0 Å². The summed E-state index contributed by atoms with van der Waals surface area (Å²) in [5.74, 6) is 0.651. The van der Waals surface area contributed by atoms with Crippen LogP contribution in [-0.4, -0.2) is 33.0 Å². The summed E-state index contributed by atoms with van der Waals surface area (Å²) in [5, 5.41) is 0. The first-order chi connectivity index (χ1) is 13.1. The monoisotopic (exact) mass is 379 g/mol. The standard InChI is InChI=1S/C24H45NO2/c1-22(2)12-8-14-24(4)16-9-15-23(3)13-6-5-7-18-26-20-11-21-27-19-10-17-25/h6,12-13,16,23H,5,7-11,14-15,17-21,25H2,1-4H3/b13-6+,24-16?. The van der Waals surface area contributed by atoms with E-state index in [0.29, 0.717) is 12.5 Å². The smallest absolute Gasteiger partial charge is 0.0487 e. The van der Waals surface area contributed by atoms with Gasteiger partial charge in [-0.15, -0.1) is 0 Å². The van der Waals surface area contributed by atoms with Crippen molar-refractivity contribution in [3.63, 3.8) is 0 Å². The van der Waals surface area contributed by atoms with Crippen LogP contribution in [-0.2, 0) is 9.47 Å². The molecule has 0 aromatic heterocycles. The second kappa shape index (κ2) is 19.9. The van der Waals surface area contributed by atoms with E-state index < -0.39 is 0 Å². The van der Waals surface area contributed by atoms with Gasteiger partial charge in [-0.2, -0.15) is 0 Å². The third kappa shape index (κ3) is 21.3. The van der Waals surface area contributed by atoms with Crippen molar-refractivity contribution in [2.75, 3.05) is 33.0 Å². The van der Waals surface area contributed by atoms with E-state index in [0.717, 1.165) is 52.1 Å². The molecule has 158 valence electrons. The lowest BCUT2D eigenvalue weighted by molar-refractivity contribution is 0.0817. The number of nitrogens with two attached hydrogens (primary N) is 1. The minimum atomic E-state index is 0.651. The van der Waals surface area contributed by atoms with Crippen molar-refractivity contribution < 1.29 is 9.47 Å². The molecule has 1 atom stereocenters. The van der Waals surface area contributed by atoms with Crippen LogP contribution in [0.1, 0.15) is 79.1 Å². The Morgan fingerprint density at radius 3 is 2.19 bits per heavy atom. The molecular weight excluding hydrogens is 334 g/mol. The van der Waals surface area contributed by atoms with Gasteiger partial charge in [-0.3, -0.25) is 0 Å². The van der Waals surface area contributed by atoms with Gasteiger partial charge < -0.3 is 15.2 Å². The average Bonchev–Trinajstić information content (AvgIpc) is 2.62. The van der Waals surface area contributed by atoms with Crippen molar-refractivity contribution in [2.45, 2.75) is 79.1 Å². The van der Waals surface area contributed by atoms with Crippen LogP contribution in [0, 0.1) is 5.92 Å². The SMILES string of the molecule is CC(C)=CCCC(C)=CCCC(C)/C=C/CCCOCCCOCCCN. The zero-order chi connectivity index (χ0) is 20.2. The molecule has 0 fully saturated rings. The van der Waals surface area contributed by atoms with Crippen LogP contribution in [0.15, 0.2) is 35.5 Å². The topological polar surface area (TPSA) is 44.5 Å². The maximum atomic E-state index is 5.63. The van der Waals surface area contributed by atoms with Gasteiger partial charge in [0.1, 0.15) is 0 Å². The highest BCUT2D eigenvalue weighted by Gasteiger charge is 1.96. The predicted octanol–water partition coefficient (Wildman–Crippen LogP) is 6.20. The lowest BCUT2D eigenvalue weighted by Gasteiger charge is -2.06. The largest absolute Gasteiger partial charge is 0.381 e. The van der Waals surface area contributed by atoms with Gasteiger partial charge in [-0.1, -0.05) is 42.4 Å². The van der Waals surface area contributed by atoms with E-state index in [-0.39, 0.29) is 0 Å². The number of hydrogen-bond donors (Lipinski definition) is 1. The Hall–Kier alpha value is -0.900. The van der Waals surface area contributed by atoms with Gasteiger partial charge in [0.05, 0.1) is 0 Å². The minimum Gasteiger partial charge on any atom is -0.381 e. The van der Waals surface area contributed by atoms with E-state index >= 15 is 0 Å². The van der Waals surface area contributed by atoms with Gasteiger partial charge in [-0.05, 0) is 84.6 Å². The third-order valence-electron chi connectivity index (χ3n) is 4.40. The summed E-state index contributed by atoms with van der Waals surface area (Å²) in [5.41, 5.74) is 8.35. The molecule has 0 rings (SSSR count). The molecule has 0 bridgehead atoms. The molecule has 0 saturated carbocycles. The Morgan fingerprint density at radius 1 is 0.852 bits per heavy atom. The van der Waals surface area contributed by atoms with E-state index in [1.807, 2.05) is 0 Å². The molecule has 0 heterocycles. The van der Waals surface area contributed by atoms with Gasteiger partial charge in [0, 0.05) is 26.4 Å². The molecule has 0 aliphatic heterocycles. The first kappa shape index (κ1) is 26.1. The number of unbranched alkanes of at least 4 members (excludes halogenated alkanes) is 1. The fourth-order valence-electron chi connectivity index (χ4n) is 2.66. The first-order valence-corrected chi connectivity index (χ1v) is 10.9. The molecule has 1 unspecified atom stereocenters. The average molecular weight is 380 g/mol. The highest BCUT2D eigenvalue weighted by atomic mass is 16.5. The number of ether oxygens (including phenoxy) is 2. The summed E-state index contributed by atoms with van der Waals surface area (Å²) in [4.78, 5) is 0. The molecule has 3 heteroatoms. The second-order valence-electron chi connectivity index (χ2n) is 7.72. The molecule has 27 heavy (non-hydrogen) atoms. The number of allylic oxidation sites excluding steroid dienone is 6. The highest BCUT2D eigenvalue weighted by molar-refractivity contribution is 5.02. The summed E-state index contributed by atoms with van der Waals surface area (Å²) in [6.07, 6.45) is 18.3. The summed E-state index contributed by atoms with van der Waals surface area (Å²) in [7, 11) is 0. The van der Waals surface area contributed by atoms with Crippen LogP contribution in [0.3, 0.4) is 0 Å². The minimum absolute atomic E-state index is 0.651. The van der Waals surface area contributed by atoms with Crippen molar-refractivity contribution >= 4 is 0 Å². The number of rotatable bonds is 18.